The number of thiophene rings is 1. The molecule has 0 aliphatic carbocycles. The van der Waals surface area contributed by atoms with Crippen LogP contribution < -0.4 is 11.1 Å². The highest BCUT2D eigenvalue weighted by atomic mass is 79.9. The number of anilines is 1. The summed E-state index contributed by atoms with van der Waals surface area (Å²) in [4.78, 5) is 6.22. The van der Waals surface area contributed by atoms with Crippen LogP contribution in [0.4, 0.5) is 5.82 Å². The minimum Gasteiger partial charge on any atom is -0.389 e. The van der Waals surface area contributed by atoms with E-state index in [2.05, 4.69) is 32.3 Å². The van der Waals surface area contributed by atoms with E-state index in [0.29, 0.717) is 4.99 Å². The lowest BCUT2D eigenvalue weighted by Crippen LogP contribution is -2.11. The molecular weight excluding hydrogens is 366 g/mol. The first-order chi connectivity index (χ1) is 10.1. The minimum atomic E-state index is 0.385. The number of benzene rings is 1. The maximum atomic E-state index is 5.83. The van der Waals surface area contributed by atoms with Gasteiger partial charge in [-0.2, -0.15) is 0 Å². The van der Waals surface area contributed by atoms with E-state index in [4.69, 9.17) is 18.0 Å². The highest BCUT2D eigenvalue weighted by molar-refractivity contribution is 9.11. The van der Waals surface area contributed by atoms with Crippen LogP contribution in [0.2, 0.25) is 0 Å². The Morgan fingerprint density at radius 2 is 2.10 bits per heavy atom. The summed E-state index contributed by atoms with van der Waals surface area (Å²) in [5.41, 5.74) is 7.57. The van der Waals surface area contributed by atoms with Crippen molar-refractivity contribution in [2.45, 2.75) is 6.54 Å². The van der Waals surface area contributed by atoms with Crippen LogP contribution in [0.25, 0.3) is 10.9 Å². The molecule has 0 unspecified atom stereocenters. The summed E-state index contributed by atoms with van der Waals surface area (Å²) in [5.74, 6) is 0.779. The fourth-order valence-corrected chi connectivity index (χ4v) is 3.69. The molecule has 21 heavy (non-hydrogen) atoms. The van der Waals surface area contributed by atoms with Crippen LogP contribution in [-0.2, 0) is 6.54 Å². The molecule has 3 aromatic rings. The van der Waals surface area contributed by atoms with Crippen LogP contribution >= 0.6 is 39.5 Å². The summed E-state index contributed by atoms with van der Waals surface area (Å²) in [6.45, 7) is 0.721. The summed E-state index contributed by atoms with van der Waals surface area (Å²) >= 11 is 10.3. The molecule has 0 aliphatic heterocycles. The second-order valence-electron chi connectivity index (χ2n) is 4.50. The summed E-state index contributed by atoms with van der Waals surface area (Å²) < 4.78 is 1.12. The molecule has 0 radical (unpaired) electrons. The molecule has 2 aromatic heterocycles. The van der Waals surface area contributed by atoms with Crippen molar-refractivity contribution < 1.29 is 0 Å². The maximum absolute atomic E-state index is 5.83. The predicted octanol–water partition coefficient (Wildman–Crippen LogP) is 4.31. The summed E-state index contributed by atoms with van der Waals surface area (Å²) in [6.07, 6.45) is 0. The van der Waals surface area contributed by atoms with E-state index in [9.17, 15) is 0 Å². The van der Waals surface area contributed by atoms with E-state index in [1.807, 2.05) is 36.4 Å². The van der Waals surface area contributed by atoms with Crippen molar-refractivity contribution in [3.63, 3.8) is 0 Å². The molecule has 0 amide bonds. The lowest BCUT2D eigenvalue weighted by atomic mass is 10.1. The number of nitrogens with zero attached hydrogens (tertiary/aromatic N) is 1. The van der Waals surface area contributed by atoms with Crippen LogP contribution in [0.3, 0.4) is 0 Å². The molecule has 0 spiro atoms. The van der Waals surface area contributed by atoms with Crippen LogP contribution in [-0.4, -0.2) is 9.97 Å². The van der Waals surface area contributed by atoms with Crippen LogP contribution in [0.5, 0.6) is 0 Å². The molecular formula is C15H12BrN3S2. The summed E-state index contributed by atoms with van der Waals surface area (Å²) in [7, 11) is 0. The smallest absolute Gasteiger partial charge is 0.127 e. The van der Waals surface area contributed by atoms with Gasteiger partial charge in [-0.25, -0.2) is 4.98 Å². The summed E-state index contributed by atoms with van der Waals surface area (Å²) in [5, 5.41) is 4.31. The molecule has 0 saturated carbocycles. The molecule has 3 nitrogen and oxygen atoms in total. The number of rotatable bonds is 4. The van der Waals surface area contributed by atoms with Crippen molar-refractivity contribution >= 4 is 61.2 Å². The number of nitrogens with two attached hydrogens (primary N) is 1. The molecule has 0 fully saturated rings. The van der Waals surface area contributed by atoms with Gasteiger partial charge in [-0.1, -0.05) is 30.4 Å². The average Bonchev–Trinajstić information content (AvgIpc) is 2.89. The third-order valence-electron chi connectivity index (χ3n) is 3.05. The quantitative estimate of drug-likeness (QED) is 0.665. The van der Waals surface area contributed by atoms with Gasteiger partial charge in [-0.3, -0.25) is 0 Å². The fourth-order valence-electron chi connectivity index (χ4n) is 2.09. The van der Waals surface area contributed by atoms with Gasteiger partial charge in [0.2, 0.25) is 0 Å². The van der Waals surface area contributed by atoms with E-state index in [1.54, 1.807) is 11.3 Å². The van der Waals surface area contributed by atoms with Crippen LogP contribution in [0.1, 0.15) is 10.4 Å². The Bertz CT molecular complexity index is 814. The largest absolute Gasteiger partial charge is 0.389 e. The Kier molecular flexibility index (Phi) is 4.19. The average molecular weight is 378 g/mol. The first-order valence-corrected chi connectivity index (χ1v) is 8.33. The molecule has 0 saturated heterocycles. The molecule has 3 N–H and O–H groups in total. The number of pyridine rings is 1. The lowest BCUT2D eigenvalue weighted by molar-refractivity contribution is 1.15. The molecule has 0 aliphatic rings. The predicted molar refractivity (Wildman–Crippen MR) is 97.0 cm³/mol. The second kappa shape index (κ2) is 6.09. The zero-order valence-electron chi connectivity index (χ0n) is 11.0. The van der Waals surface area contributed by atoms with Gasteiger partial charge in [0.1, 0.15) is 10.8 Å². The number of aromatic nitrogens is 1. The third kappa shape index (κ3) is 3.23. The molecule has 0 atom stereocenters. The Morgan fingerprint density at radius 1 is 1.29 bits per heavy atom. The van der Waals surface area contributed by atoms with E-state index < -0.39 is 0 Å². The maximum Gasteiger partial charge on any atom is 0.127 e. The number of fused-ring (bicyclic) bond motifs is 1. The molecule has 2 heterocycles. The van der Waals surface area contributed by atoms with E-state index in [1.165, 1.54) is 4.88 Å². The number of hydrogen-bond donors (Lipinski definition) is 2. The molecule has 6 heteroatoms. The second-order valence-corrected chi connectivity index (χ2v) is 7.48. The molecule has 0 bridgehead atoms. The van der Waals surface area contributed by atoms with E-state index in [-0.39, 0.29) is 0 Å². The summed E-state index contributed by atoms with van der Waals surface area (Å²) in [6, 6.07) is 13.9. The third-order valence-corrected chi connectivity index (χ3v) is 4.90. The standard InChI is InChI=1S/C15H12BrN3S2/c16-13-6-5-9(21-13)8-18-14-7-11(15(17)20)10-3-1-2-4-12(10)19-14/h1-7H,8H2,(H2,17,20)(H,18,19). The van der Waals surface area contributed by atoms with Gasteiger partial charge in [0.25, 0.3) is 0 Å². The number of nitrogens with one attached hydrogen (secondary N) is 1. The van der Waals surface area contributed by atoms with Crippen molar-refractivity contribution in [1.29, 1.82) is 0 Å². The first kappa shape index (κ1) is 14.4. The number of hydrogen-bond acceptors (Lipinski definition) is 4. The SMILES string of the molecule is NC(=S)c1cc(NCc2ccc(Br)s2)nc2ccccc12. The zero-order chi connectivity index (χ0) is 14.8. The normalized spacial score (nSPS) is 10.7. The van der Waals surface area contributed by atoms with Gasteiger partial charge in [0, 0.05) is 15.8 Å². The van der Waals surface area contributed by atoms with Gasteiger partial charge >= 0.3 is 0 Å². The van der Waals surface area contributed by atoms with Gasteiger partial charge < -0.3 is 11.1 Å². The molecule has 3 rings (SSSR count). The lowest BCUT2D eigenvalue weighted by Gasteiger charge is -2.09. The Hall–Kier alpha value is -1.50. The monoisotopic (exact) mass is 377 g/mol. The van der Waals surface area contributed by atoms with Crippen molar-refractivity contribution in [3.8, 4) is 0 Å². The number of para-hydroxylation sites is 1. The Morgan fingerprint density at radius 3 is 2.81 bits per heavy atom. The van der Waals surface area contributed by atoms with Gasteiger partial charge in [-0.05, 0) is 40.2 Å². The highest BCUT2D eigenvalue weighted by Gasteiger charge is 2.08. The zero-order valence-corrected chi connectivity index (χ0v) is 14.2. The fraction of sp³-hybridized carbons (Fsp3) is 0.0667. The number of halogens is 1. The molecule has 106 valence electrons. The van der Waals surface area contributed by atoms with E-state index in [0.717, 1.165) is 32.6 Å². The number of thiocarbonyl (C=S) groups is 1. The van der Waals surface area contributed by atoms with Crippen molar-refractivity contribution in [3.05, 3.63) is 56.7 Å². The van der Waals surface area contributed by atoms with Gasteiger partial charge in [-0.15, -0.1) is 11.3 Å². The topological polar surface area (TPSA) is 50.9 Å². The van der Waals surface area contributed by atoms with Gasteiger partial charge in [0.15, 0.2) is 0 Å². The van der Waals surface area contributed by atoms with E-state index >= 15 is 0 Å². The van der Waals surface area contributed by atoms with Crippen LogP contribution in [0, 0.1) is 0 Å². The van der Waals surface area contributed by atoms with Crippen molar-refractivity contribution in [2.24, 2.45) is 5.73 Å². The van der Waals surface area contributed by atoms with Gasteiger partial charge in [0.05, 0.1) is 15.8 Å². The van der Waals surface area contributed by atoms with Crippen molar-refractivity contribution in [1.82, 2.24) is 4.98 Å². The molecule has 1 aromatic carbocycles. The highest BCUT2D eigenvalue weighted by Crippen LogP contribution is 2.24. The Balaban J connectivity index is 1.93. The Labute approximate surface area is 140 Å². The first-order valence-electron chi connectivity index (χ1n) is 6.31. The van der Waals surface area contributed by atoms with Crippen molar-refractivity contribution in [2.75, 3.05) is 5.32 Å². The minimum absolute atomic E-state index is 0.385. The van der Waals surface area contributed by atoms with Crippen LogP contribution in [0.15, 0.2) is 46.3 Å².